The van der Waals surface area contributed by atoms with Crippen LogP contribution in [-0.2, 0) is 9.53 Å². The molecule has 2 heterocycles. The SMILES string of the molecule is COc1ccc(NC(=O)C(c2cc3c(cc2[N+](=O)[O-])OCO3)[NH+]2CCOCC2)cc1. The molecular weight excluding hydrogens is 394 g/mol. The number of fused-ring (bicyclic) bond motifs is 1. The first-order chi connectivity index (χ1) is 14.6. The quantitative estimate of drug-likeness (QED) is 0.532. The van der Waals surface area contributed by atoms with Gasteiger partial charge in [-0.3, -0.25) is 14.9 Å². The maximum atomic E-state index is 13.3. The average molecular weight is 416 g/mol. The third kappa shape index (κ3) is 4.00. The molecular formula is C20H22N3O7+. The van der Waals surface area contributed by atoms with E-state index in [0.717, 1.165) is 4.90 Å². The van der Waals surface area contributed by atoms with Crippen LogP contribution in [0, 0.1) is 10.1 Å². The van der Waals surface area contributed by atoms with Gasteiger partial charge >= 0.3 is 0 Å². The number of amides is 1. The molecule has 0 aromatic heterocycles. The minimum absolute atomic E-state index is 0.0108. The van der Waals surface area contributed by atoms with E-state index >= 15 is 0 Å². The van der Waals surface area contributed by atoms with Gasteiger partial charge in [-0.15, -0.1) is 0 Å². The first kappa shape index (κ1) is 19.9. The summed E-state index contributed by atoms with van der Waals surface area (Å²) in [6.45, 7) is 2.03. The highest BCUT2D eigenvalue weighted by Gasteiger charge is 2.39. The van der Waals surface area contributed by atoms with Crippen LogP contribution in [0.5, 0.6) is 17.2 Å². The Morgan fingerprint density at radius 3 is 2.47 bits per heavy atom. The smallest absolute Gasteiger partial charge is 0.287 e. The van der Waals surface area contributed by atoms with Gasteiger partial charge in [0.25, 0.3) is 11.6 Å². The number of nitrogens with one attached hydrogen (secondary N) is 2. The van der Waals surface area contributed by atoms with Gasteiger partial charge in [-0.2, -0.15) is 0 Å². The second-order valence-electron chi connectivity index (χ2n) is 6.94. The van der Waals surface area contributed by atoms with Gasteiger partial charge in [0.05, 0.1) is 31.3 Å². The molecule has 1 amide bonds. The number of nitrogens with zero attached hydrogens (tertiary/aromatic N) is 1. The van der Waals surface area contributed by atoms with E-state index in [-0.39, 0.29) is 24.0 Å². The molecule has 10 heteroatoms. The molecule has 0 radical (unpaired) electrons. The third-order valence-corrected chi connectivity index (χ3v) is 5.19. The number of anilines is 1. The van der Waals surface area contributed by atoms with Crippen LogP contribution >= 0.6 is 0 Å². The molecule has 2 N–H and O–H groups in total. The van der Waals surface area contributed by atoms with Gasteiger partial charge in [0, 0.05) is 11.8 Å². The number of carbonyl (C=O) groups excluding carboxylic acids is 1. The van der Waals surface area contributed by atoms with Crippen molar-refractivity contribution in [2.45, 2.75) is 6.04 Å². The first-order valence-corrected chi connectivity index (χ1v) is 9.52. The van der Waals surface area contributed by atoms with Crippen molar-refractivity contribution in [1.82, 2.24) is 0 Å². The summed E-state index contributed by atoms with van der Waals surface area (Å²) in [6, 6.07) is 8.95. The number of carbonyl (C=O) groups is 1. The Bertz CT molecular complexity index is 942. The lowest BCUT2D eigenvalue weighted by atomic mass is 10.0. The second kappa shape index (κ2) is 8.56. The Balaban J connectivity index is 1.71. The molecule has 0 spiro atoms. The number of benzene rings is 2. The van der Waals surface area contributed by atoms with Crippen LogP contribution in [0.1, 0.15) is 11.6 Å². The molecule has 0 bridgehead atoms. The number of nitro benzene ring substituents is 1. The van der Waals surface area contributed by atoms with Crippen LogP contribution in [0.15, 0.2) is 36.4 Å². The lowest BCUT2D eigenvalue weighted by Gasteiger charge is -2.30. The molecule has 1 fully saturated rings. The summed E-state index contributed by atoms with van der Waals surface area (Å²) >= 11 is 0. The Morgan fingerprint density at radius 1 is 1.17 bits per heavy atom. The number of rotatable bonds is 6. The zero-order chi connectivity index (χ0) is 21.1. The molecule has 10 nitrogen and oxygen atoms in total. The monoisotopic (exact) mass is 416 g/mol. The van der Waals surface area contributed by atoms with Crippen molar-refractivity contribution in [3.63, 3.8) is 0 Å². The lowest BCUT2D eigenvalue weighted by Crippen LogP contribution is -3.15. The van der Waals surface area contributed by atoms with Crippen LogP contribution in [0.4, 0.5) is 11.4 Å². The fourth-order valence-corrected chi connectivity index (χ4v) is 3.69. The summed E-state index contributed by atoms with van der Waals surface area (Å²) < 4.78 is 21.2. The number of quaternary nitrogens is 1. The largest absolute Gasteiger partial charge is 0.497 e. The summed E-state index contributed by atoms with van der Waals surface area (Å²) in [6.07, 6.45) is 0. The normalized spacial score (nSPS) is 16.7. The van der Waals surface area contributed by atoms with Crippen molar-refractivity contribution in [2.75, 3.05) is 45.5 Å². The molecule has 4 rings (SSSR count). The summed E-state index contributed by atoms with van der Waals surface area (Å²) in [5.74, 6) is 1.01. The van der Waals surface area contributed by atoms with Crippen molar-refractivity contribution in [3.05, 3.63) is 52.1 Å². The maximum Gasteiger partial charge on any atom is 0.287 e. The maximum absolute atomic E-state index is 13.3. The standard InChI is InChI=1S/C20H21N3O7/c1-27-14-4-2-13(3-5-14)21-20(24)19(22-6-8-28-9-7-22)15-10-17-18(30-12-29-17)11-16(15)23(25)26/h2-5,10-11,19H,6-9,12H2,1H3,(H,21,24)/p+1. The Labute approximate surface area is 172 Å². The van der Waals surface area contributed by atoms with Crippen LogP contribution in [0.3, 0.4) is 0 Å². The van der Waals surface area contributed by atoms with E-state index in [9.17, 15) is 14.9 Å². The number of hydrogen-bond acceptors (Lipinski definition) is 7. The summed E-state index contributed by atoms with van der Waals surface area (Å²) in [7, 11) is 1.56. The summed E-state index contributed by atoms with van der Waals surface area (Å²) in [4.78, 5) is 25.5. The Morgan fingerprint density at radius 2 is 1.83 bits per heavy atom. The van der Waals surface area contributed by atoms with Crippen molar-refractivity contribution in [1.29, 1.82) is 0 Å². The molecule has 2 aromatic carbocycles. The van der Waals surface area contributed by atoms with Gasteiger partial charge in [-0.1, -0.05) is 0 Å². The van der Waals surface area contributed by atoms with E-state index in [2.05, 4.69) is 5.32 Å². The fraction of sp³-hybridized carbons (Fsp3) is 0.350. The van der Waals surface area contributed by atoms with Crippen LogP contribution in [0.25, 0.3) is 0 Å². The van der Waals surface area contributed by atoms with Crippen LogP contribution < -0.4 is 24.4 Å². The summed E-state index contributed by atoms with van der Waals surface area (Å²) in [5, 5.41) is 14.7. The number of methoxy groups -OCH3 is 1. The molecule has 0 aliphatic carbocycles. The molecule has 158 valence electrons. The van der Waals surface area contributed by atoms with Crippen LogP contribution in [-0.4, -0.2) is 51.0 Å². The molecule has 0 saturated carbocycles. The molecule has 2 aromatic rings. The van der Waals surface area contributed by atoms with Crippen molar-refractivity contribution in [3.8, 4) is 17.2 Å². The van der Waals surface area contributed by atoms with Gasteiger partial charge in [0.1, 0.15) is 24.4 Å². The highest BCUT2D eigenvalue weighted by molar-refractivity contribution is 5.95. The molecule has 30 heavy (non-hydrogen) atoms. The Hall–Kier alpha value is -3.37. The Kier molecular flexibility index (Phi) is 5.68. The van der Waals surface area contributed by atoms with Gasteiger partial charge in [-0.25, -0.2) is 0 Å². The molecule has 2 aliphatic heterocycles. The van der Waals surface area contributed by atoms with E-state index in [1.807, 2.05) is 0 Å². The van der Waals surface area contributed by atoms with Gasteiger partial charge < -0.3 is 29.2 Å². The van der Waals surface area contributed by atoms with E-state index in [4.69, 9.17) is 18.9 Å². The predicted octanol–water partition coefficient (Wildman–Crippen LogP) is 0.927. The van der Waals surface area contributed by atoms with Crippen molar-refractivity contribution in [2.24, 2.45) is 0 Å². The van der Waals surface area contributed by atoms with E-state index in [1.165, 1.54) is 6.07 Å². The highest BCUT2D eigenvalue weighted by atomic mass is 16.7. The zero-order valence-corrected chi connectivity index (χ0v) is 16.4. The van der Waals surface area contributed by atoms with Crippen molar-refractivity contribution >= 4 is 17.3 Å². The van der Waals surface area contributed by atoms with Gasteiger partial charge in [-0.05, 0) is 24.3 Å². The highest BCUT2D eigenvalue weighted by Crippen LogP contribution is 2.40. The van der Waals surface area contributed by atoms with Crippen molar-refractivity contribution < 1.29 is 33.6 Å². The van der Waals surface area contributed by atoms with E-state index < -0.39 is 11.0 Å². The number of ether oxygens (including phenoxy) is 4. The first-order valence-electron chi connectivity index (χ1n) is 9.52. The molecule has 1 saturated heterocycles. The fourth-order valence-electron chi connectivity index (χ4n) is 3.69. The zero-order valence-electron chi connectivity index (χ0n) is 16.4. The van der Waals surface area contributed by atoms with Gasteiger partial charge in [0.15, 0.2) is 17.5 Å². The average Bonchev–Trinajstić information content (AvgIpc) is 3.22. The lowest BCUT2D eigenvalue weighted by molar-refractivity contribution is -0.929. The van der Waals surface area contributed by atoms with Crippen LogP contribution in [0.2, 0.25) is 0 Å². The predicted molar refractivity (Wildman–Crippen MR) is 105 cm³/mol. The number of hydrogen-bond donors (Lipinski definition) is 2. The van der Waals surface area contributed by atoms with E-state index in [0.29, 0.717) is 49.2 Å². The second-order valence-corrected chi connectivity index (χ2v) is 6.94. The minimum atomic E-state index is -0.814. The minimum Gasteiger partial charge on any atom is -0.497 e. The summed E-state index contributed by atoms with van der Waals surface area (Å²) in [5.41, 5.74) is 0.683. The molecule has 1 unspecified atom stereocenters. The van der Waals surface area contributed by atoms with E-state index in [1.54, 1.807) is 37.4 Å². The molecule has 1 atom stereocenters. The third-order valence-electron chi connectivity index (χ3n) is 5.19. The van der Waals surface area contributed by atoms with Gasteiger partial charge in [0.2, 0.25) is 6.79 Å². The topological polar surface area (TPSA) is 114 Å². The number of morpholine rings is 1. The molecule has 2 aliphatic rings. The number of nitro groups is 1.